The molecule has 2 N–H and O–H groups in total. The van der Waals surface area contributed by atoms with E-state index in [1.54, 1.807) is 78.9 Å². The summed E-state index contributed by atoms with van der Waals surface area (Å²) in [5.74, 6) is -3.49. The lowest BCUT2D eigenvalue weighted by Gasteiger charge is -2.55. The number of hydrogen-bond donors (Lipinski definition) is 2. The van der Waals surface area contributed by atoms with Crippen LogP contribution in [-0.4, -0.2) is 80.9 Å². The Labute approximate surface area is 409 Å². The number of carbonyl (C=O) groups is 6. The van der Waals surface area contributed by atoms with E-state index < -0.39 is 65.8 Å². The maximum Gasteiger partial charge on any atom is 0.329 e. The lowest BCUT2D eigenvalue weighted by atomic mass is 9.80. The number of hydrazine groups is 1. The minimum absolute atomic E-state index is 0.133. The molecule has 2 fully saturated rings. The summed E-state index contributed by atoms with van der Waals surface area (Å²) >= 11 is 7.07. The molecule has 5 aromatic carbocycles. The Morgan fingerprint density at radius 3 is 2.19 bits per heavy atom. The van der Waals surface area contributed by atoms with Gasteiger partial charge in [-0.25, -0.2) is 9.78 Å². The number of esters is 1. The minimum Gasteiger partial charge on any atom is -0.497 e. The third kappa shape index (κ3) is 10.2. The van der Waals surface area contributed by atoms with Crippen molar-refractivity contribution in [3.8, 4) is 5.75 Å². The van der Waals surface area contributed by atoms with Crippen LogP contribution in [-0.2, 0) is 48.2 Å². The lowest BCUT2D eigenvalue weighted by Crippen LogP contribution is -2.75. The van der Waals surface area contributed by atoms with Crippen molar-refractivity contribution >= 4 is 67.9 Å². The number of nitrogens with one attached hydrogen (secondary N) is 2. The molecule has 6 aromatic rings. The number of likely N-dealkylation sites (tertiary alicyclic amines) is 1. The number of halogens is 2. The molecule has 6 atom stereocenters. The van der Waals surface area contributed by atoms with Crippen molar-refractivity contribution < 1.29 is 42.7 Å². The molecule has 0 radical (unpaired) electrons. The Morgan fingerprint density at radius 2 is 1.53 bits per heavy atom. The highest BCUT2D eigenvalue weighted by Gasteiger charge is 2.63. The molecule has 2 aliphatic rings. The first kappa shape index (κ1) is 47.4. The number of methoxy groups -OCH3 is 1. The first-order chi connectivity index (χ1) is 33.1. The highest BCUT2D eigenvalue weighted by atomic mass is 79.9. The van der Waals surface area contributed by atoms with Crippen LogP contribution in [0.3, 0.4) is 0 Å². The number of β-lactam (4-membered cyclic amide) rings is 1. The number of amides is 5. The van der Waals surface area contributed by atoms with Gasteiger partial charge in [-0.3, -0.25) is 39.7 Å². The summed E-state index contributed by atoms with van der Waals surface area (Å²) in [6, 6.07) is 34.5. The fourth-order valence-corrected chi connectivity index (χ4v) is 10.4. The van der Waals surface area contributed by atoms with Crippen molar-refractivity contribution in [2.75, 3.05) is 7.11 Å². The zero-order valence-electron chi connectivity index (χ0n) is 36.7. The SMILES string of the molecule is COc1cccc(C2N(C(=O)c3ccc(Br)cc3Br)C(c3ccccc3)C(=O)N2C2C(=O)N(C(C(=O)OCc3ccccc3)[C@@H](CC(=O)NNC=O)Cc3ccccc3)C2CCc2cocn2)c1. The van der Waals surface area contributed by atoms with Gasteiger partial charge in [-0.2, -0.15) is 0 Å². The van der Waals surface area contributed by atoms with E-state index in [9.17, 15) is 14.4 Å². The van der Waals surface area contributed by atoms with E-state index >= 15 is 14.4 Å². The van der Waals surface area contributed by atoms with Crippen molar-refractivity contribution in [1.29, 1.82) is 0 Å². The van der Waals surface area contributed by atoms with Crippen molar-refractivity contribution in [1.82, 2.24) is 30.5 Å². The number of oxazole rings is 1. The molecule has 0 spiro atoms. The predicted octanol–water partition coefficient (Wildman–Crippen LogP) is 7.28. The van der Waals surface area contributed by atoms with Crippen LogP contribution in [0.1, 0.15) is 63.4 Å². The van der Waals surface area contributed by atoms with Gasteiger partial charge >= 0.3 is 5.97 Å². The van der Waals surface area contributed by atoms with Gasteiger partial charge in [0.1, 0.15) is 42.9 Å². The summed E-state index contributed by atoms with van der Waals surface area (Å²) in [6.07, 6.45) is 2.15. The minimum atomic E-state index is -1.39. The van der Waals surface area contributed by atoms with Gasteiger partial charge in [-0.1, -0.05) is 119 Å². The summed E-state index contributed by atoms with van der Waals surface area (Å²) in [4.78, 5) is 95.2. The summed E-state index contributed by atoms with van der Waals surface area (Å²) in [5.41, 5.74) is 7.83. The van der Waals surface area contributed by atoms with Gasteiger partial charge in [0.05, 0.1) is 24.4 Å². The third-order valence-corrected chi connectivity index (χ3v) is 13.3. The van der Waals surface area contributed by atoms with E-state index in [0.29, 0.717) is 39.0 Å². The molecule has 5 amide bonds. The van der Waals surface area contributed by atoms with Crippen LogP contribution in [0.4, 0.5) is 0 Å². The Bertz CT molecular complexity index is 2750. The summed E-state index contributed by atoms with van der Waals surface area (Å²) < 4.78 is 18.2. The largest absolute Gasteiger partial charge is 0.497 e. The average Bonchev–Trinajstić information content (AvgIpc) is 3.99. The molecule has 2 saturated heterocycles. The second-order valence-electron chi connectivity index (χ2n) is 16.3. The molecule has 348 valence electrons. The van der Waals surface area contributed by atoms with Crippen LogP contribution in [0.2, 0.25) is 0 Å². The molecule has 1 aromatic heterocycles. The van der Waals surface area contributed by atoms with Crippen molar-refractivity contribution in [3.05, 3.63) is 189 Å². The number of nitrogens with zero attached hydrogens (tertiary/aromatic N) is 4. The summed E-state index contributed by atoms with van der Waals surface area (Å²) in [7, 11) is 1.51. The van der Waals surface area contributed by atoms with Crippen LogP contribution in [0, 0.1) is 5.92 Å². The molecule has 8 rings (SSSR count). The molecule has 0 saturated carbocycles. The van der Waals surface area contributed by atoms with Gasteiger partial charge in [-0.15, -0.1) is 0 Å². The zero-order chi connectivity index (χ0) is 47.7. The van der Waals surface area contributed by atoms with E-state index in [0.717, 1.165) is 10.0 Å². The van der Waals surface area contributed by atoms with Gasteiger partial charge in [0, 0.05) is 21.3 Å². The van der Waals surface area contributed by atoms with E-state index in [1.165, 1.54) is 34.5 Å². The molecular formula is C51H46Br2N6O9. The summed E-state index contributed by atoms with van der Waals surface area (Å²) in [6.45, 7) is -0.133. The highest BCUT2D eigenvalue weighted by molar-refractivity contribution is 9.11. The summed E-state index contributed by atoms with van der Waals surface area (Å²) in [5, 5.41) is 0. The first-order valence-electron chi connectivity index (χ1n) is 21.8. The van der Waals surface area contributed by atoms with Crippen LogP contribution in [0.25, 0.3) is 0 Å². The number of aryl methyl sites for hydroxylation is 1. The van der Waals surface area contributed by atoms with E-state index in [1.807, 2.05) is 54.6 Å². The molecule has 68 heavy (non-hydrogen) atoms. The second kappa shape index (κ2) is 21.7. The number of benzene rings is 5. The van der Waals surface area contributed by atoms with E-state index in [2.05, 4.69) is 47.7 Å². The van der Waals surface area contributed by atoms with Crippen LogP contribution >= 0.6 is 31.9 Å². The topological polar surface area (TPSA) is 181 Å². The normalized spacial score (nSPS) is 18.6. The molecule has 3 heterocycles. The predicted molar refractivity (Wildman–Crippen MR) is 255 cm³/mol. The Morgan fingerprint density at radius 1 is 0.838 bits per heavy atom. The molecule has 15 nitrogen and oxygen atoms in total. The van der Waals surface area contributed by atoms with E-state index in [-0.39, 0.29) is 37.9 Å². The van der Waals surface area contributed by atoms with Crippen molar-refractivity contribution in [2.24, 2.45) is 5.92 Å². The van der Waals surface area contributed by atoms with Gasteiger partial charge in [0.2, 0.25) is 18.2 Å². The molecule has 0 aliphatic carbocycles. The fraction of sp³-hybridized carbons (Fsp3) is 0.235. The standard InChI is InChI=1S/C51H46Br2N6O9/c1-66-39-19-11-18-35(25-39)47-58(48(62)40-22-20-37(52)27-41(40)53)44(34-16-9-4-10-17-34)49(63)59(47)46-42(23-21-38-29-67-31-54-38)57(50(46)64)45(51(65)68-28-33-14-7-3-8-15-33)36(26-43(61)56-55-30-60)24-32-12-5-2-6-13-32/h2-20,22,25,27,29-31,36,42,44-47H,21,23-24,26,28H2,1H3,(H,55,60)(H,56,61)/t36-,42?,44?,45?,46?,47?/m1/s1. The molecule has 2 aliphatic heterocycles. The monoisotopic (exact) mass is 1040 g/mol. The Hall–Kier alpha value is -7.11. The van der Waals surface area contributed by atoms with Crippen LogP contribution in [0.5, 0.6) is 5.75 Å². The molecule has 5 unspecified atom stereocenters. The van der Waals surface area contributed by atoms with Crippen LogP contribution in [0.15, 0.2) is 159 Å². The van der Waals surface area contributed by atoms with Gasteiger partial charge in [0.25, 0.3) is 11.8 Å². The number of rotatable bonds is 19. The molecule has 0 bridgehead atoms. The highest BCUT2D eigenvalue weighted by Crippen LogP contribution is 2.49. The smallest absolute Gasteiger partial charge is 0.329 e. The molecule has 17 heteroatoms. The lowest BCUT2D eigenvalue weighted by molar-refractivity contribution is -0.183. The maximum absolute atomic E-state index is 15.7. The fourth-order valence-electron chi connectivity index (χ4n) is 9.15. The van der Waals surface area contributed by atoms with Crippen molar-refractivity contribution in [3.63, 3.8) is 0 Å². The maximum atomic E-state index is 15.7. The zero-order valence-corrected chi connectivity index (χ0v) is 39.8. The Balaban J connectivity index is 1.28. The third-order valence-electron chi connectivity index (χ3n) is 12.2. The van der Waals surface area contributed by atoms with Crippen LogP contribution < -0.4 is 15.6 Å². The number of carbonyl (C=O) groups excluding carboxylic acids is 6. The second-order valence-corrected chi connectivity index (χ2v) is 18.1. The quantitative estimate of drug-likeness (QED) is 0.0362. The van der Waals surface area contributed by atoms with E-state index in [4.69, 9.17) is 13.9 Å². The number of aromatic nitrogens is 1. The molecular weight excluding hydrogens is 1000 g/mol. The van der Waals surface area contributed by atoms with Gasteiger partial charge < -0.3 is 23.7 Å². The first-order valence-corrected chi connectivity index (χ1v) is 23.4. The van der Waals surface area contributed by atoms with Gasteiger partial charge in [0.15, 0.2) is 6.39 Å². The van der Waals surface area contributed by atoms with Gasteiger partial charge in [-0.05, 0) is 87.8 Å². The Kier molecular flexibility index (Phi) is 15.1. The average molecular weight is 1050 g/mol. The van der Waals surface area contributed by atoms with Crippen molar-refractivity contribution in [2.45, 2.75) is 62.6 Å². The number of hydrogen-bond acceptors (Lipinski definition) is 10. The number of ether oxygens (including phenoxy) is 2.